The molecule has 94 valence electrons. The Morgan fingerprint density at radius 2 is 2.18 bits per heavy atom. The third-order valence-electron chi connectivity index (χ3n) is 2.42. The lowest BCUT2D eigenvalue weighted by Gasteiger charge is -2.11. The molecule has 0 radical (unpaired) electrons. The van der Waals surface area contributed by atoms with Crippen molar-refractivity contribution in [2.45, 2.75) is 20.3 Å². The van der Waals surface area contributed by atoms with Gasteiger partial charge in [0, 0.05) is 12.6 Å². The molecule has 0 atom stereocenters. The van der Waals surface area contributed by atoms with E-state index in [9.17, 15) is 4.79 Å². The van der Waals surface area contributed by atoms with E-state index in [0.717, 1.165) is 36.5 Å². The van der Waals surface area contributed by atoms with Crippen LogP contribution in [0.25, 0.3) is 0 Å². The second-order valence-corrected chi connectivity index (χ2v) is 3.81. The Bertz CT molecular complexity index is 378. The first-order valence-electron chi connectivity index (χ1n) is 5.82. The van der Waals surface area contributed by atoms with E-state index in [1.165, 1.54) is 6.92 Å². The van der Waals surface area contributed by atoms with E-state index in [-0.39, 0.29) is 5.91 Å². The standard InChI is InChI=1S/C13H20N2O2/c1-4-14-8-7-11-9-12(15-10(2)16)5-6-13(11)17-3/h5-6,9,14H,4,7-8H2,1-3H3,(H,15,16). The predicted molar refractivity (Wildman–Crippen MR) is 69.5 cm³/mol. The Labute approximate surface area is 102 Å². The topological polar surface area (TPSA) is 50.4 Å². The first-order valence-corrected chi connectivity index (χ1v) is 5.82. The Balaban J connectivity index is 2.78. The van der Waals surface area contributed by atoms with Gasteiger partial charge < -0.3 is 15.4 Å². The average Bonchev–Trinajstić information content (AvgIpc) is 2.29. The van der Waals surface area contributed by atoms with E-state index in [4.69, 9.17) is 4.74 Å². The molecule has 1 aromatic rings. The molecule has 0 saturated carbocycles. The molecule has 0 fully saturated rings. The molecule has 0 bridgehead atoms. The minimum Gasteiger partial charge on any atom is -0.496 e. The van der Waals surface area contributed by atoms with Crippen LogP contribution in [0.5, 0.6) is 5.75 Å². The predicted octanol–water partition coefficient (Wildman–Crippen LogP) is 1.81. The SMILES string of the molecule is CCNCCc1cc(NC(C)=O)ccc1OC. The van der Waals surface area contributed by atoms with Gasteiger partial charge in [-0.15, -0.1) is 0 Å². The van der Waals surface area contributed by atoms with Gasteiger partial charge in [-0.2, -0.15) is 0 Å². The number of carbonyl (C=O) groups is 1. The largest absolute Gasteiger partial charge is 0.496 e. The van der Waals surface area contributed by atoms with Crippen molar-refractivity contribution in [3.05, 3.63) is 23.8 Å². The molecule has 0 spiro atoms. The number of amides is 1. The van der Waals surface area contributed by atoms with Gasteiger partial charge in [0.2, 0.25) is 5.91 Å². The van der Waals surface area contributed by atoms with Gasteiger partial charge in [0.05, 0.1) is 7.11 Å². The number of benzene rings is 1. The zero-order valence-electron chi connectivity index (χ0n) is 10.7. The summed E-state index contributed by atoms with van der Waals surface area (Å²) in [6.45, 7) is 5.43. The second-order valence-electron chi connectivity index (χ2n) is 3.81. The van der Waals surface area contributed by atoms with Crippen molar-refractivity contribution in [3.63, 3.8) is 0 Å². The van der Waals surface area contributed by atoms with Crippen LogP contribution in [0.4, 0.5) is 5.69 Å². The van der Waals surface area contributed by atoms with Crippen LogP contribution in [-0.2, 0) is 11.2 Å². The highest BCUT2D eigenvalue weighted by atomic mass is 16.5. The molecular weight excluding hydrogens is 216 g/mol. The molecule has 0 saturated heterocycles. The molecule has 0 aliphatic heterocycles. The summed E-state index contributed by atoms with van der Waals surface area (Å²) in [5.41, 5.74) is 1.91. The number of hydrogen-bond acceptors (Lipinski definition) is 3. The maximum atomic E-state index is 11.0. The summed E-state index contributed by atoms with van der Waals surface area (Å²) in [7, 11) is 1.66. The van der Waals surface area contributed by atoms with Gasteiger partial charge in [0.15, 0.2) is 0 Å². The van der Waals surface area contributed by atoms with Crippen molar-refractivity contribution in [1.82, 2.24) is 5.32 Å². The molecule has 1 amide bonds. The number of nitrogens with one attached hydrogen (secondary N) is 2. The lowest BCUT2D eigenvalue weighted by molar-refractivity contribution is -0.114. The molecule has 4 heteroatoms. The Morgan fingerprint density at radius 3 is 2.76 bits per heavy atom. The highest BCUT2D eigenvalue weighted by Gasteiger charge is 2.05. The Hall–Kier alpha value is -1.55. The lowest BCUT2D eigenvalue weighted by Crippen LogP contribution is -2.16. The smallest absolute Gasteiger partial charge is 0.221 e. The average molecular weight is 236 g/mol. The molecule has 0 unspecified atom stereocenters. The first-order chi connectivity index (χ1) is 8.17. The Morgan fingerprint density at radius 1 is 1.41 bits per heavy atom. The van der Waals surface area contributed by atoms with Crippen LogP contribution >= 0.6 is 0 Å². The quantitative estimate of drug-likeness (QED) is 0.741. The lowest BCUT2D eigenvalue weighted by atomic mass is 10.1. The molecule has 0 aromatic heterocycles. The van der Waals surface area contributed by atoms with Gasteiger partial charge in [-0.25, -0.2) is 0 Å². The number of ether oxygens (including phenoxy) is 1. The van der Waals surface area contributed by atoms with E-state index in [1.54, 1.807) is 7.11 Å². The second kappa shape index (κ2) is 6.91. The highest BCUT2D eigenvalue weighted by molar-refractivity contribution is 5.88. The van der Waals surface area contributed by atoms with Crippen LogP contribution in [0.15, 0.2) is 18.2 Å². The van der Waals surface area contributed by atoms with Gasteiger partial charge in [-0.05, 0) is 43.3 Å². The van der Waals surface area contributed by atoms with Crippen LogP contribution in [0.1, 0.15) is 19.4 Å². The number of methoxy groups -OCH3 is 1. The number of likely N-dealkylation sites (N-methyl/N-ethyl adjacent to an activating group) is 1. The monoisotopic (exact) mass is 236 g/mol. The fourth-order valence-electron chi connectivity index (χ4n) is 1.65. The molecule has 17 heavy (non-hydrogen) atoms. The van der Waals surface area contributed by atoms with Crippen molar-refractivity contribution < 1.29 is 9.53 Å². The zero-order chi connectivity index (χ0) is 12.7. The number of carbonyl (C=O) groups excluding carboxylic acids is 1. The van der Waals surface area contributed by atoms with Crippen LogP contribution in [-0.4, -0.2) is 26.1 Å². The zero-order valence-corrected chi connectivity index (χ0v) is 10.7. The normalized spacial score (nSPS) is 10.1. The summed E-state index contributed by atoms with van der Waals surface area (Å²) >= 11 is 0. The number of rotatable bonds is 6. The third-order valence-corrected chi connectivity index (χ3v) is 2.42. The van der Waals surface area contributed by atoms with Crippen LogP contribution in [0.2, 0.25) is 0 Å². The molecular formula is C13H20N2O2. The molecule has 0 aliphatic rings. The Kier molecular flexibility index (Phi) is 5.49. The van der Waals surface area contributed by atoms with Gasteiger partial charge in [-0.1, -0.05) is 6.92 Å². The van der Waals surface area contributed by atoms with Gasteiger partial charge in [0.25, 0.3) is 0 Å². The molecule has 0 aliphatic carbocycles. The minimum absolute atomic E-state index is 0.0622. The highest BCUT2D eigenvalue weighted by Crippen LogP contribution is 2.22. The van der Waals surface area contributed by atoms with Crippen LogP contribution in [0.3, 0.4) is 0 Å². The van der Waals surface area contributed by atoms with E-state index >= 15 is 0 Å². The fourth-order valence-corrected chi connectivity index (χ4v) is 1.65. The van der Waals surface area contributed by atoms with Gasteiger partial charge >= 0.3 is 0 Å². The summed E-state index contributed by atoms with van der Waals surface area (Å²) in [6.07, 6.45) is 0.879. The molecule has 1 rings (SSSR count). The third kappa shape index (κ3) is 4.44. The molecule has 0 heterocycles. The maximum absolute atomic E-state index is 11.0. The maximum Gasteiger partial charge on any atom is 0.221 e. The molecule has 2 N–H and O–H groups in total. The van der Waals surface area contributed by atoms with E-state index in [1.807, 2.05) is 18.2 Å². The summed E-state index contributed by atoms with van der Waals surface area (Å²) in [4.78, 5) is 11.0. The summed E-state index contributed by atoms with van der Waals surface area (Å²) < 4.78 is 5.30. The number of hydrogen-bond donors (Lipinski definition) is 2. The summed E-state index contributed by atoms with van der Waals surface area (Å²) in [5.74, 6) is 0.796. The first kappa shape index (κ1) is 13.5. The van der Waals surface area contributed by atoms with Crippen LogP contribution in [0, 0.1) is 0 Å². The van der Waals surface area contributed by atoms with E-state index in [0.29, 0.717) is 0 Å². The van der Waals surface area contributed by atoms with Gasteiger partial charge in [-0.3, -0.25) is 4.79 Å². The fraction of sp³-hybridized carbons (Fsp3) is 0.462. The van der Waals surface area contributed by atoms with Gasteiger partial charge in [0.1, 0.15) is 5.75 Å². The number of anilines is 1. The van der Waals surface area contributed by atoms with Crippen molar-refractivity contribution >= 4 is 11.6 Å². The van der Waals surface area contributed by atoms with Crippen molar-refractivity contribution in [2.24, 2.45) is 0 Å². The minimum atomic E-state index is -0.0622. The molecule has 4 nitrogen and oxygen atoms in total. The summed E-state index contributed by atoms with van der Waals surface area (Å²) in [5, 5.41) is 6.04. The van der Waals surface area contributed by atoms with E-state index < -0.39 is 0 Å². The van der Waals surface area contributed by atoms with Crippen molar-refractivity contribution in [2.75, 3.05) is 25.5 Å². The molecule has 1 aromatic carbocycles. The summed E-state index contributed by atoms with van der Waals surface area (Å²) in [6, 6.07) is 5.68. The van der Waals surface area contributed by atoms with Crippen molar-refractivity contribution in [3.8, 4) is 5.75 Å². The van der Waals surface area contributed by atoms with Crippen LogP contribution < -0.4 is 15.4 Å². The van der Waals surface area contributed by atoms with E-state index in [2.05, 4.69) is 17.6 Å². The van der Waals surface area contributed by atoms with Crippen molar-refractivity contribution in [1.29, 1.82) is 0 Å².